The van der Waals surface area contributed by atoms with Crippen molar-refractivity contribution in [1.29, 1.82) is 0 Å². The second-order valence-electron chi connectivity index (χ2n) is 7.20. The molecule has 0 radical (unpaired) electrons. The summed E-state index contributed by atoms with van der Waals surface area (Å²) in [7, 11) is 0. The molecule has 0 unspecified atom stereocenters. The molecule has 2 rings (SSSR count). The van der Waals surface area contributed by atoms with Gasteiger partial charge in [0.2, 0.25) is 0 Å². The highest BCUT2D eigenvalue weighted by Gasteiger charge is 2.29. The van der Waals surface area contributed by atoms with E-state index in [4.69, 9.17) is 10.5 Å². The third kappa shape index (κ3) is 4.01. The molecule has 23 heavy (non-hydrogen) atoms. The summed E-state index contributed by atoms with van der Waals surface area (Å²) in [5, 5.41) is 0.810. The first-order chi connectivity index (χ1) is 10.7. The number of Topliss-reactive ketones (excluding diaryl/α,β-unsaturated/α-hetero) is 1. The Labute approximate surface area is 138 Å². The predicted molar refractivity (Wildman–Crippen MR) is 94.6 cm³/mol. The van der Waals surface area contributed by atoms with Crippen LogP contribution < -0.4 is 10.5 Å². The number of carbonyl (C=O) groups excluding carboxylic acids is 1. The largest absolute Gasteiger partial charge is 0.492 e. The predicted octanol–water partition coefficient (Wildman–Crippen LogP) is 4.15. The maximum absolute atomic E-state index is 12.4. The number of carbonyl (C=O) groups is 1. The number of nitrogen functional groups attached to an aromatic ring is 1. The summed E-state index contributed by atoms with van der Waals surface area (Å²) in [5.74, 6) is 1.25. The van der Waals surface area contributed by atoms with Gasteiger partial charge in [-0.05, 0) is 44.9 Å². The van der Waals surface area contributed by atoms with Crippen LogP contribution in [0.5, 0.6) is 5.75 Å². The number of anilines is 1. The van der Waals surface area contributed by atoms with Gasteiger partial charge in [-0.1, -0.05) is 19.9 Å². The van der Waals surface area contributed by atoms with Crippen molar-refractivity contribution in [3.63, 3.8) is 0 Å². The number of aromatic nitrogens is 1. The van der Waals surface area contributed by atoms with E-state index in [0.29, 0.717) is 30.4 Å². The first-order valence-corrected chi connectivity index (χ1v) is 8.02. The molecular weight excluding hydrogens is 288 g/mol. The molecule has 1 aromatic carbocycles. The third-order valence-electron chi connectivity index (χ3n) is 3.89. The van der Waals surface area contributed by atoms with Crippen molar-refractivity contribution in [3.05, 3.63) is 30.0 Å². The molecule has 2 aromatic rings. The summed E-state index contributed by atoms with van der Waals surface area (Å²) in [5.41, 5.74) is 7.94. The molecule has 4 nitrogen and oxygen atoms in total. The number of fused-ring (bicyclic) bond motifs is 1. The number of benzene rings is 1. The van der Waals surface area contributed by atoms with Crippen LogP contribution in [0.3, 0.4) is 0 Å². The normalized spacial score (nSPS) is 11.9. The van der Waals surface area contributed by atoms with E-state index in [0.717, 1.165) is 16.6 Å². The molecule has 1 heterocycles. The van der Waals surface area contributed by atoms with Crippen LogP contribution in [0.25, 0.3) is 10.9 Å². The van der Waals surface area contributed by atoms with E-state index < -0.39 is 5.41 Å². The van der Waals surface area contributed by atoms with Crippen LogP contribution in [0.4, 0.5) is 5.69 Å². The number of nitrogens with zero attached hydrogens (tertiary/aromatic N) is 1. The van der Waals surface area contributed by atoms with Crippen LogP contribution in [0, 0.1) is 18.3 Å². The number of hydrogen-bond acceptors (Lipinski definition) is 4. The van der Waals surface area contributed by atoms with Crippen LogP contribution >= 0.6 is 0 Å². The molecule has 0 aliphatic heterocycles. The summed E-state index contributed by atoms with van der Waals surface area (Å²) < 4.78 is 5.97. The zero-order valence-corrected chi connectivity index (χ0v) is 14.6. The Balaban J connectivity index is 2.24. The molecule has 0 aliphatic rings. The summed E-state index contributed by atoms with van der Waals surface area (Å²) in [6, 6.07) is 7.52. The lowest BCUT2D eigenvalue weighted by atomic mass is 9.85. The van der Waals surface area contributed by atoms with E-state index >= 15 is 0 Å². The molecule has 0 aliphatic carbocycles. The molecule has 2 N–H and O–H groups in total. The standard InChI is InChI=1S/C19H26N2O2/c1-12(2)9-17(22)19(4,5)11-23-16-8-6-7-15-18(16)14(20)10-13(3)21-15/h6-8,10,12H,9,11H2,1-5H3,(H2,20,21). The average molecular weight is 314 g/mol. The smallest absolute Gasteiger partial charge is 0.142 e. The first-order valence-electron chi connectivity index (χ1n) is 8.02. The molecule has 0 amide bonds. The quantitative estimate of drug-likeness (QED) is 0.870. The van der Waals surface area contributed by atoms with Crippen molar-refractivity contribution >= 4 is 22.4 Å². The summed E-state index contributed by atoms with van der Waals surface area (Å²) >= 11 is 0. The lowest BCUT2D eigenvalue weighted by Crippen LogP contribution is -2.32. The van der Waals surface area contributed by atoms with Crippen molar-refractivity contribution < 1.29 is 9.53 Å². The van der Waals surface area contributed by atoms with Gasteiger partial charge in [0, 0.05) is 17.8 Å². The molecular formula is C19H26N2O2. The molecule has 1 aromatic heterocycles. The zero-order valence-electron chi connectivity index (χ0n) is 14.6. The van der Waals surface area contributed by atoms with Gasteiger partial charge >= 0.3 is 0 Å². The van der Waals surface area contributed by atoms with Gasteiger partial charge in [-0.2, -0.15) is 0 Å². The van der Waals surface area contributed by atoms with Gasteiger partial charge in [0.15, 0.2) is 0 Å². The van der Waals surface area contributed by atoms with Gasteiger partial charge in [0.25, 0.3) is 0 Å². The number of rotatable bonds is 6. The van der Waals surface area contributed by atoms with E-state index in [2.05, 4.69) is 4.98 Å². The molecule has 0 saturated heterocycles. The molecule has 0 saturated carbocycles. The first kappa shape index (κ1) is 17.3. The van der Waals surface area contributed by atoms with Gasteiger partial charge in [-0.15, -0.1) is 0 Å². The lowest BCUT2D eigenvalue weighted by Gasteiger charge is -2.24. The minimum absolute atomic E-state index is 0.217. The van der Waals surface area contributed by atoms with Gasteiger partial charge < -0.3 is 10.5 Å². The number of ketones is 1. The van der Waals surface area contributed by atoms with E-state index in [9.17, 15) is 4.79 Å². The zero-order chi connectivity index (χ0) is 17.2. The number of aryl methyl sites for hydroxylation is 1. The molecule has 0 spiro atoms. The second-order valence-corrected chi connectivity index (χ2v) is 7.20. The minimum Gasteiger partial charge on any atom is -0.492 e. The molecule has 124 valence electrons. The monoisotopic (exact) mass is 314 g/mol. The Morgan fingerprint density at radius 2 is 2.04 bits per heavy atom. The summed E-state index contributed by atoms with van der Waals surface area (Å²) in [6.45, 7) is 10.2. The Morgan fingerprint density at radius 3 is 2.70 bits per heavy atom. The summed E-state index contributed by atoms with van der Waals surface area (Å²) in [4.78, 5) is 16.8. The van der Waals surface area contributed by atoms with Crippen molar-refractivity contribution in [2.75, 3.05) is 12.3 Å². The Bertz CT molecular complexity index is 721. The molecule has 0 fully saturated rings. The fourth-order valence-electron chi connectivity index (χ4n) is 2.53. The fraction of sp³-hybridized carbons (Fsp3) is 0.474. The van der Waals surface area contributed by atoms with Crippen LogP contribution in [0.2, 0.25) is 0 Å². The number of nitrogens with two attached hydrogens (primary N) is 1. The maximum Gasteiger partial charge on any atom is 0.142 e. The van der Waals surface area contributed by atoms with Gasteiger partial charge in [0.1, 0.15) is 18.1 Å². The topological polar surface area (TPSA) is 65.2 Å². The number of pyridine rings is 1. The highest BCUT2D eigenvalue weighted by Crippen LogP contribution is 2.32. The number of hydrogen-bond donors (Lipinski definition) is 1. The van der Waals surface area contributed by atoms with Crippen molar-refractivity contribution in [1.82, 2.24) is 4.98 Å². The van der Waals surface area contributed by atoms with Crippen molar-refractivity contribution in [3.8, 4) is 5.75 Å². The van der Waals surface area contributed by atoms with Crippen molar-refractivity contribution in [2.24, 2.45) is 11.3 Å². The van der Waals surface area contributed by atoms with E-state index in [1.807, 2.05) is 58.9 Å². The number of ether oxygens (including phenoxy) is 1. The fourth-order valence-corrected chi connectivity index (χ4v) is 2.53. The Kier molecular flexibility index (Phi) is 4.93. The van der Waals surface area contributed by atoms with Crippen LogP contribution in [-0.4, -0.2) is 17.4 Å². The van der Waals surface area contributed by atoms with Crippen LogP contribution in [0.1, 0.15) is 39.8 Å². The molecule has 0 atom stereocenters. The van der Waals surface area contributed by atoms with Gasteiger partial charge in [-0.25, -0.2) is 0 Å². The Hall–Kier alpha value is -2.10. The van der Waals surface area contributed by atoms with E-state index in [1.165, 1.54) is 0 Å². The van der Waals surface area contributed by atoms with Gasteiger partial charge in [-0.3, -0.25) is 9.78 Å². The lowest BCUT2D eigenvalue weighted by molar-refractivity contribution is -0.129. The van der Waals surface area contributed by atoms with Gasteiger partial charge in [0.05, 0.1) is 16.3 Å². The molecule has 0 bridgehead atoms. The Morgan fingerprint density at radius 1 is 1.35 bits per heavy atom. The average Bonchev–Trinajstić information content (AvgIpc) is 2.43. The van der Waals surface area contributed by atoms with Crippen LogP contribution in [0.15, 0.2) is 24.3 Å². The highest BCUT2D eigenvalue weighted by atomic mass is 16.5. The highest BCUT2D eigenvalue weighted by molar-refractivity contribution is 5.95. The SMILES string of the molecule is Cc1cc(N)c2c(OCC(C)(C)C(=O)CC(C)C)cccc2n1. The minimum atomic E-state index is -0.528. The second kappa shape index (κ2) is 6.57. The van der Waals surface area contributed by atoms with E-state index in [-0.39, 0.29) is 5.78 Å². The maximum atomic E-state index is 12.4. The van der Waals surface area contributed by atoms with Crippen LogP contribution in [-0.2, 0) is 4.79 Å². The summed E-state index contributed by atoms with van der Waals surface area (Å²) in [6.07, 6.45) is 0.564. The third-order valence-corrected chi connectivity index (χ3v) is 3.89. The van der Waals surface area contributed by atoms with Crippen molar-refractivity contribution in [2.45, 2.75) is 41.0 Å². The molecule has 4 heteroatoms. The van der Waals surface area contributed by atoms with E-state index in [1.54, 1.807) is 0 Å².